The van der Waals surface area contributed by atoms with E-state index in [-0.39, 0.29) is 17.9 Å². The Kier molecular flexibility index (Phi) is 4.68. The Bertz CT molecular complexity index is 381. The van der Waals surface area contributed by atoms with Crippen LogP contribution in [0.3, 0.4) is 0 Å². The molecule has 0 aromatic rings. The fourth-order valence-electron chi connectivity index (χ4n) is 2.87. The summed E-state index contributed by atoms with van der Waals surface area (Å²) in [5, 5.41) is 2.94. The predicted octanol–water partition coefficient (Wildman–Crippen LogP) is 1.32. The Morgan fingerprint density at radius 1 is 1.35 bits per heavy atom. The maximum absolute atomic E-state index is 12.7. The molecular weight excluding hydrogens is 256 g/mol. The summed E-state index contributed by atoms with van der Waals surface area (Å²) in [5.74, 6) is 0.472. The number of ether oxygens (including phenoxy) is 1. The number of rotatable bonds is 7. The van der Waals surface area contributed by atoms with Crippen LogP contribution in [0.2, 0.25) is 0 Å². The number of unbranched alkanes of at least 4 members (excludes halogenated alkanes) is 1. The number of carbonyl (C=O) groups excluding carboxylic acids is 2. The molecule has 2 rings (SSSR count). The van der Waals surface area contributed by atoms with Crippen LogP contribution >= 0.6 is 0 Å². The Hall–Kier alpha value is -1.10. The average Bonchev–Trinajstić information content (AvgIpc) is 3.24. The Balaban J connectivity index is 2.07. The van der Waals surface area contributed by atoms with Crippen molar-refractivity contribution >= 4 is 11.8 Å². The number of nitrogens with zero attached hydrogens (tertiary/aromatic N) is 1. The van der Waals surface area contributed by atoms with Crippen molar-refractivity contribution in [2.24, 2.45) is 5.92 Å². The van der Waals surface area contributed by atoms with Crippen molar-refractivity contribution in [1.82, 2.24) is 10.2 Å². The monoisotopic (exact) mass is 282 g/mol. The average molecular weight is 282 g/mol. The molecular formula is C15H26N2O3. The van der Waals surface area contributed by atoms with Gasteiger partial charge in [-0.3, -0.25) is 9.59 Å². The molecule has 1 saturated carbocycles. The molecule has 0 bridgehead atoms. The molecule has 1 saturated heterocycles. The lowest BCUT2D eigenvalue weighted by Crippen LogP contribution is -2.69. The van der Waals surface area contributed by atoms with E-state index in [4.69, 9.17) is 4.74 Å². The van der Waals surface area contributed by atoms with Crippen molar-refractivity contribution in [2.75, 3.05) is 20.3 Å². The highest BCUT2D eigenvalue weighted by Crippen LogP contribution is 2.38. The first-order chi connectivity index (χ1) is 9.53. The number of amides is 2. The largest absolute Gasteiger partial charge is 0.385 e. The molecule has 2 aliphatic rings. The minimum absolute atomic E-state index is 0.0307. The number of hydrogen-bond acceptors (Lipinski definition) is 3. The summed E-state index contributed by atoms with van der Waals surface area (Å²) in [7, 11) is 1.68. The van der Waals surface area contributed by atoms with E-state index in [1.54, 1.807) is 7.11 Å². The van der Waals surface area contributed by atoms with Gasteiger partial charge >= 0.3 is 0 Å². The molecule has 1 aliphatic heterocycles. The molecule has 0 aromatic heterocycles. The highest BCUT2D eigenvalue weighted by atomic mass is 16.5. The molecule has 5 nitrogen and oxygen atoms in total. The fourth-order valence-corrected chi connectivity index (χ4v) is 2.87. The lowest BCUT2D eigenvalue weighted by atomic mass is 9.90. The number of methoxy groups -OCH3 is 1. The second-order valence-electron chi connectivity index (χ2n) is 6.16. The lowest BCUT2D eigenvalue weighted by Gasteiger charge is -2.44. The number of piperazine rings is 1. The second kappa shape index (κ2) is 6.12. The first-order valence-corrected chi connectivity index (χ1v) is 7.65. The fraction of sp³-hybridized carbons (Fsp3) is 0.867. The van der Waals surface area contributed by atoms with E-state index in [1.165, 1.54) is 0 Å². The van der Waals surface area contributed by atoms with Crippen LogP contribution in [0.4, 0.5) is 0 Å². The standard InChI is InChI=1S/C15H26N2O3/c1-4-15(2)14(19)17(9-5-6-10-20-3)12(11-7-8-11)13(18)16-15/h11-12H,4-10H2,1-3H3,(H,16,18). The van der Waals surface area contributed by atoms with Gasteiger partial charge in [-0.15, -0.1) is 0 Å². The molecule has 2 amide bonds. The topological polar surface area (TPSA) is 58.6 Å². The Morgan fingerprint density at radius 3 is 2.60 bits per heavy atom. The number of carbonyl (C=O) groups is 2. The van der Waals surface area contributed by atoms with E-state index >= 15 is 0 Å². The highest BCUT2D eigenvalue weighted by molar-refractivity contribution is 5.99. The van der Waals surface area contributed by atoms with Gasteiger partial charge in [-0.2, -0.15) is 0 Å². The summed E-state index contributed by atoms with van der Waals surface area (Å²) in [6.45, 7) is 5.14. The molecule has 2 unspecified atom stereocenters. The molecule has 114 valence electrons. The van der Waals surface area contributed by atoms with Crippen molar-refractivity contribution in [3.8, 4) is 0 Å². The molecule has 2 atom stereocenters. The van der Waals surface area contributed by atoms with Crippen LogP contribution in [0, 0.1) is 5.92 Å². The predicted molar refractivity (Wildman–Crippen MR) is 76.2 cm³/mol. The van der Waals surface area contributed by atoms with Crippen LogP contribution in [0.1, 0.15) is 46.0 Å². The van der Waals surface area contributed by atoms with Gasteiger partial charge in [0.25, 0.3) is 0 Å². The summed E-state index contributed by atoms with van der Waals surface area (Å²) in [6, 6.07) is -0.246. The Labute approximate surface area is 121 Å². The van der Waals surface area contributed by atoms with Crippen LogP contribution in [-0.2, 0) is 14.3 Å². The van der Waals surface area contributed by atoms with E-state index in [0.29, 0.717) is 25.5 Å². The quantitative estimate of drug-likeness (QED) is 0.716. The molecule has 2 fully saturated rings. The van der Waals surface area contributed by atoms with Gasteiger partial charge in [0.2, 0.25) is 11.8 Å². The third-order valence-electron chi connectivity index (χ3n) is 4.51. The van der Waals surface area contributed by atoms with Gasteiger partial charge in [-0.25, -0.2) is 0 Å². The third-order valence-corrected chi connectivity index (χ3v) is 4.51. The number of hydrogen-bond donors (Lipinski definition) is 1. The maximum Gasteiger partial charge on any atom is 0.248 e. The van der Waals surface area contributed by atoms with Gasteiger partial charge in [-0.05, 0) is 44.9 Å². The summed E-state index contributed by atoms with van der Waals surface area (Å²) in [6.07, 6.45) is 4.55. The lowest BCUT2D eigenvalue weighted by molar-refractivity contribution is -0.155. The molecule has 1 aliphatic carbocycles. The zero-order chi connectivity index (χ0) is 14.8. The van der Waals surface area contributed by atoms with E-state index in [9.17, 15) is 9.59 Å². The normalized spacial score (nSPS) is 30.6. The van der Waals surface area contributed by atoms with Gasteiger partial charge in [0.1, 0.15) is 11.6 Å². The van der Waals surface area contributed by atoms with Crippen LogP contribution in [0.15, 0.2) is 0 Å². The summed E-state index contributed by atoms with van der Waals surface area (Å²) >= 11 is 0. The second-order valence-corrected chi connectivity index (χ2v) is 6.16. The highest BCUT2D eigenvalue weighted by Gasteiger charge is 2.51. The van der Waals surface area contributed by atoms with Crippen molar-refractivity contribution in [1.29, 1.82) is 0 Å². The van der Waals surface area contributed by atoms with Crippen LogP contribution in [-0.4, -0.2) is 48.6 Å². The van der Waals surface area contributed by atoms with Crippen molar-refractivity contribution in [3.63, 3.8) is 0 Å². The van der Waals surface area contributed by atoms with Gasteiger partial charge in [-0.1, -0.05) is 6.92 Å². The first-order valence-electron chi connectivity index (χ1n) is 7.65. The van der Waals surface area contributed by atoms with Crippen molar-refractivity contribution in [2.45, 2.75) is 57.5 Å². The van der Waals surface area contributed by atoms with E-state index in [0.717, 1.165) is 25.7 Å². The van der Waals surface area contributed by atoms with E-state index in [1.807, 2.05) is 18.7 Å². The summed E-state index contributed by atoms with van der Waals surface area (Å²) < 4.78 is 5.05. The van der Waals surface area contributed by atoms with Crippen LogP contribution in [0.25, 0.3) is 0 Å². The van der Waals surface area contributed by atoms with E-state index < -0.39 is 5.54 Å². The summed E-state index contributed by atoms with van der Waals surface area (Å²) in [5.41, 5.74) is -0.732. The molecule has 0 radical (unpaired) electrons. The Morgan fingerprint density at radius 2 is 2.05 bits per heavy atom. The number of nitrogens with one attached hydrogen (secondary N) is 1. The minimum atomic E-state index is -0.732. The molecule has 1 N–H and O–H groups in total. The summed E-state index contributed by atoms with van der Waals surface area (Å²) in [4.78, 5) is 26.9. The van der Waals surface area contributed by atoms with Crippen molar-refractivity contribution < 1.29 is 14.3 Å². The molecule has 5 heteroatoms. The van der Waals surface area contributed by atoms with Crippen LogP contribution in [0.5, 0.6) is 0 Å². The third kappa shape index (κ3) is 2.97. The van der Waals surface area contributed by atoms with Crippen molar-refractivity contribution in [3.05, 3.63) is 0 Å². The van der Waals surface area contributed by atoms with Gasteiger partial charge in [0.05, 0.1) is 0 Å². The molecule has 1 heterocycles. The van der Waals surface area contributed by atoms with Gasteiger partial charge in [0, 0.05) is 20.3 Å². The van der Waals surface area contributed by atoms with Crippen LogP contribution < -0.4 is 5.32 Å². The minimum Gasteiger partial charge on any atom is -0.385 e. The zero-order valence-corrected chi connectivity index (χ0v) is 12.8. The molecule has 0 aromatic carbocycles. The maximum atomic E-state index is 12.7. The zero-order valence-electron chi connectivity index (χ0n) is 12.8. The molecule has 0 spiro atoms. The molecule has 20 heavy (non-hydrogen) atoms. The van der Waals surface area contributed by atoms with E-state index in [2.05, 4.69) is 5.32 Å². The van der Waals surface area contributed by atoms with Gasteiger partial charge < -0.3 is 15.0 Å². The smallest absolute Gasteiger partial charge is 0.248 e. The first kappa shape index (κ1) is 15.3. The SMILES string of the molecule is CCC1(C)NC(=O)C(C2CC2)N(CCCCOC)C1=O. The van der Waals surface area contributed by atoms with Gasteiger partial charge in [0.15, 0.2) is 0 Å².